The van der Waals surface area contributed by atoms with E-state index in [4.69, 9.17) is 8.92 Å². The highest BCUT2D eigenvalue weighted by Crippen LogP contribution is 2.25. The van der Waals surface area contributed by atoms with Gasteiger partial charge in [-0.2, -0.15) is 8.42 Å². The fraction of sp³-hybridized carbons (Fsp3) is 0.321. The fourth-order valence-corrected chi connectivity index (χ4v) is 6.04. The zero-order valence-electron chi connectivity index (χ0n) is 21.0. The van der Waals surface area contributed by atoms with Gasteiger partial charge in [-0.05, 0) is 77.4 Å². The first kappa shape index (κ1) is 28.9. The van der Waals surface area contributed by atoms with Crippen molar-refractivity contribution < 1.29 is 27.2 Å². The molecule has 0 radical (unpaired) electrons. The van der Waals surface area contributed by atoms with E-state index < -0.39 is 10.1 Å². The lowest BCUT2D eigenvalue weighted by atomic mass is 10.1. The maximum Gasteiger partial charge on any atom is 0.306 e. The van der Waals surface area contributed by atoms with E-state index in [1.807, 2.05) is 19.1 Å². The molecule has 0 bridgehead atoms. The summed E-state index contributed by atoms with van der Waals surface area (Å²) >= 11 is 3.06. The molecule has 0 heterocycles. The van der Waals surface area contributed by atoms with Gasteiger partial charge in [0.1, 0.15) is 17.2 Å². The van der Waals surface area contributed by atoms with Crippen molar-refractivity contribution in [2.45, 2.75) is 31.4 Å². The molecule has 0 fully saturated rings. The Bertz CT molecular complexity index is 1220. The summed E-state index contributed by atoms with van der Waals surface area (Å²) in [7, 11) is -3.55. The monoisotopic (exact) mass is 560 g/mol. The van der Waals surface area contributed by atoms with Crippen molar-refractivity contribution in [3.8, 4) is 17.2 Å². The quantitative estimate of drug-likeness (QED) is 0.258. The number of rotatable bonds is 14. The maximum absolute atomic E-state index is 12.7. The molecule has 3 rings (SSSR count). The van der Waals surface area contributed by atoms with Crippen molar-refractivity contribution in [3.63, 3.8) is 0 Å². The molecule has 0 aliphatic rings. The minimum absolute atomic E-state index is 0.106. The highest BCUT2D eigenvalue weighted by molar-refractivity contribution is 8.16. The number of phenolic OH excluding ortho intramolecular Hbond substituents is 1. The SMILES string of the molecule is CCSC(=O)[C@H](Cc1ccc(CCOc2ccc(OS(C)(=O)=O)cc2)cc1)SCCc1ccc(O)cc1. The summed E-state index contributed by atoms with van der Waals surface area (Å²) in [4.78, 5) is 12.7. The van der Waals surface area contributed by atoms with E-state index in [0.717, 1.165) is 47.3 Å². The summed E-state index contributed by atoms with van der Waals surface area (Å²) in [6.07, 6.45) is 3.25. The number of thioether (sulfide) groups is 2. The van der Waals surface area contributed by atoms with Crippen LogP contribution < -0.4 is 8.92 Å². The molecular weight excluding hydrogens is 529 g/mol. The van der Waals surface area contributed by atoms with Gasteiger partial charge < -0.3 is 14.0 Å². The summed E-state index contributed by atoms with van der Waals surface area (Å²) in [5.74, 6) is 2.74. The van der Waals surface area contributed by atoms with Gasteiger partial charge in [-0.3, -0.25) is 4.79 Å². The van der Waals surface area contributed by atoms with Gasteiger partial charge in [-0.15, -0.1) is 11.8 Å². The number of phenols is 1. The second kappa shape index (κ2) is 14.4. The second-order valence-electron chi connectivity index (χ2n) is 8.41. The van der Waals surface area contributed by atoms with Gasteiger partial charge in [-0.25, -0.2) is 0 Å². The average Bonchev–Trinajstić information content (AvgIpc) is 2.86. The highest BCUT2D eigenvalue weighted by Gasteiger charge is 2.19. The van der Waals surface area contributed by atoms with E-state index in [0.29, 0.717) is 18.8 Å². The number of aromatic hydroxyl groups is 1. The van der Waals surface area contributed by atoms with Crippen molar-refractivity contribution in [1.29, 1.82) is 0 Å². The zero-order chi connectivity index (χ0) is 26.7. The maximum atomic E-state index is 12.7. The van der Waals surface area contributed by atoms with Crippen LogP contribution in [-0.4, -0.2) is 48.3 Å². The fourth-order valence-electron chi connectivity index (χ4n) is 3.54. The second-order valence-corrected chi connectivity index (χ2v) is 12.6. The van der Waals surface area contributed by atoms with Crippen molar-refractivity contribution in [2.75, 3.05) is 24.4 Å². The molecule has 0 saturated heterocycles. The van der Waals surface area contributed by atoms with E-state index in [-0.39, 0.29) is 21.9 Å². The molecular formula is C28H32O6S3. The van der Waals surface area contributed by atoms with Gasteiger partial charge in [0.05, 0.1) is 18.1 Å². The summed E-state index contributed by atoms with van der Waals surface area (Å²) in [5, 5.41) is 9.55. The smallest absolute Gasteiger partial charge is 0.306 e. The minimum atomic E-state index is -3.55. The number of hydrogen-bond donors (Lipinski definition) is 1. The topological polar surface area (TPSA) is 89.9 Å². The molecule has 6 nitrogen and oxygen atoms in total. The first-order valence-corrected chi connectivity index (χ1v) is 15.8. The summed E-state index contributed by atoms with van der Waals surface area (Å²) in [6.45, 7) is 2.47. The number of hydrogen-bond acceptors (Lipinski definition) is 8. The van der Waals surface area contributed by atoms with Gasteiger partial charge in [0.2, 0.25) is 5.12 Å². The summed E-state index contributed by atoms with van der Waals surface area (Å²) in [5.41, 5.74) is 3.40. The Morgan fingerprint density at radius 1 is 0.865 bits per heavy atom. The molecule has 3 aromatic rings. The van der Waals surface area contributed by atoms with E-state index in [2.05, 4.69) is 24.3 Å². The Labute approximate surface area is 227 Å². The Hall–Kier alpha value is -2.62. The molecule has 0 unspecified atom stereocenters. The lowest BCUT2D eigenvalue weighted by Gasteiger charge is -2.15. The Balaban J connectivity index is 1.48. The van der Waals surface area contributed by atoms with E-state index in [9.17, 15) is 18.3 Å². The van der Waals surface area contributed by atoms with Gasteiger partial charge >= 0.3 is 10.1 Å². The minimum Gasteiger partial charge on any atom is -0.508 e. The molecule has 198 valence electrons. The van der Waals surface area contributed by atoms with Gasteiger partial charge in [0, 0.05) is 6.42 Å². The predicted molar refractivity (Wildman–Crippen MR) is 152 cm³/mol. The van der Waals surface area contributed by atoms with Crippen molar-refractivity contribution in [3.05, 3.63) is 89.5 Å². The van der Waals surface area contributed by atoms with Gasteiger partial charge in [-0.1, -0.05) is 55.1 Å². The van der Waals surface area contributed by atoms with Gasteiger partial charge in [0.15, 0.2) is 0 Å². The highest BCUT2D eigenvalue weighted by atomic mass is 32.2. The number of carbonyl (C=O) groups is 1. The average molecular weight is 561 g/mol. The third-order valence-corrected chi connectivity index (χ3v) is 8.10. The van der Waals surface area contributed by atoms with Crippen molar-refractivity contribution >= 4 is 38.8 Å². The molecule has 0 aromatic heterocycles. The van der Waals surface area contributed by atoms with Crippen LogP contribution in [-0.2, 0) is 34.2 Å². The number of aryl methyl sites for hydroxylation is 1. The third kappa shape index (κ3) is 10.7. The van der Waals surface area contributed by atoms with Crippen LogP contribution in [0.1, 0.15) is 23.6 Å². The van der Waals surface area contributed by atoms with E-state index in [1.165, 1.54) is 11.8 Å². The largest absolute Gasteiger partial charge is 0.508 e. The van der Waals surface area contributed by atoms with Crippen LogP contribution in [0.2, 0.25) is 0 Å². The molecule has 0 amide bonds. The first-order valence-electron chi connectivity index (χ1n) is 12.0. The summed E-state index contributed by atoms with van der Waals surface area (Å²) < 4.78 is 33.0. The summed E-state index contributed by atoms with van der Waals surface area (Å²) in [6, 6.07) is 22.0. The normalized spacial score (nSPS) is 12.2. The van der Waals surface area contributed by atoms with Crippen LogP contribution in [0.5, 0.6) is 17.2 Å². The molecule has 37 heavy (non-hydrogen) atoms. The lowest BCUT2D eigenvalue weighted by Crippen LogP contribution is -2.18. The van der Waals surface area contributed by atoms with Crippen molar-refractivity contribution in [1.82, 2.24) is 0 Å². The van der Waals surface area contributed by atoms with E-state index in [1.54, 1.807) is 48.2 Å². The molecule has 0 aliphatic heterocycles. The molecule has 1 atom stereocenters. The van der Waals surface area contributed by atoms with Crippen LogP contribution in [0.15, 0.2) is 72.8 Å². The lowest BCUT2D eigenvalue weighted by molar-refractivity contribution is -0.110. The van der Waals surface area contributed by atoms with Crippen LogP contribution in [0.25, 0.3) is 0 Å². The standard InChI is InChI=1S/C28H32O6S3/c1-3-35-28(30)27(36-19-17-22-8-10-24(29)11-9-22)20-23-6-4-21(5-7-23)16-18-33-25-12-14-26(15-13-25)34-37(2,31)32/h4-15,27,29H,3,16-20H2,1-2H3/t27-/m0/s1. The molecule has 1 N–H and O–H groups in total. The third-order valence-electron chi connectivity index (χ3n) is 5.37. The molecule has 9 heteroatoms. The van der Waals surface area contributed by atoms with Crippen LogP contribution in [0.3, 0.4) is 0 Å². The van der Waals surface area contributed by atoms with Gasteiger partial charge in [0.25, 0.3) is 0 Å². The van der Waals surface area contributed by atoms with Crippen molar-refractivity contribution in [2.24, 2.45) is 0 Å². The van der Waals surface area contributed by atoms with Crippen LogP contribution in [0.4, 0.5) is 0 Å². The number of ether oxygens (including phenoxy) is 1. The predicted octanol–water partition coefficient (Wildman–Crippen LogP) is 5.52. The Morgan fingerprint density at radius 3 is 2.05 bits per heavy atom. The van der Waals surface area contributed by atoms with Crippen LogP contribution in [0, 0.1) is 0 Å². The number of carbonyl (C=O) groups excluding carboxylic acids is 1. The molecule has 0 saturated carbocycles. The number of benzene rings is 3. The Morgan fingerprint density at radius 2 is 1.43 bits per heavy atom. The molecule has 0 aliphatic carbocycles. The zero-order valence-corrected chi connectivity index (χ0v) is 23.4. The van der Waals surface area contributed by atoms with E-state index >= 15 is 0 Å². The van der Waals surface area contributed by atoms with Crippen LogP contribution >= 0.6 is 23.5 Å². The molecule has 0 spiro atoms. The Kier molecular flexibility index (Phi) is 11.2. The molecule has 3 aromatic carbocycles. The first-order chi connectivity index (χ1) is 17.7.